The van der Waals surface area contributed by atoms with Crippen LogP contribution in [0.4, 0.5) is 0 Å². The summed E-state index contributed by atoms with van der Waals surface area (Å²) in [5.41, 5.74) is 4.65. The Morgan fingerprint density at radius 2 is 1.88 bits per heavy atom. The summed E-state index contributed by atoms with van der Waals surface area (Å²) in [4.78, 5) is 4.75. The van der Waals surface area contributed by atoms with Gasteiger partial charge < -0.3 is 14.2 Å². The Bertz CT molecular complexity index is 822. The lowest BCUT2D eigenvalue weighted by molar-refractivity contribution is 0.168. The molecule has 0 amide bonds. The zero-order chi connectivity index (χ0) is 17.1. The molecular formula is C20H24N2O2. The Hall–Kier alpha value is -2.33. The molecule has 0 saturated carbocycles. The fourth-order valence-corrected chi connectivity index (χ4v) is 2.82. The molecule has 1 aromatic carbocycles. The Labute approximate surface area is 142 Å². The molecule has 0 fully saturated rings. The second-order valence-corrected chi connectivity index (χ2v) is 6.08. The van der Waals surface area contributed by atoms with E-state index in [-0.39, 0.29) is 0 Å². The normalized spacial score (nSPS) is 12.5. The number of benzene rings is 1. The zero-order valence-corrected chi connectivity index (χ0v) is 14.5. The van der Waals surface area contributed by atoms with Gasteiger partial charge in [-0.25, -0.2) is 4.98 Å². The van der Waals surface area contributed by atoms with E-state index in [1.165, 1.54) is 0 Å². The van der Waals surface area contributed by atoms with Crippen molar-refractivity contribution in [3.63, 3.8) is 0 Å². The fraction of sp³-hybridized carbons (Fsp3) is 0.350. The van der Waals surface area contributed by atoms with Crippen LogP contribution in [0.2, 0.25) is 0 Å². The molecule has 1 N–H and O–H groups in total. The number of rotatable bonds is 6. The molecule has 0 bridgehead atoms. The lowest BCUT2D eigenvalue weighted by Gasteiger charge is -2.11. The van der Waals surface area contributed by atoms with Crippen molar-refractivity contribution in [2.24, 2.45) is 0 Å². The molecule has 4 nitrogen and oxygen atoms in total. The van der Waals surface area contributed by atoms with Gasteiger partial charge >= 0.3 is 0 Å². The number of fused-ring (bicyclic) bond motifs is 1. The lowest BCUT2D eigenvalue weighted by Crippen LogP contribution is -2.02. The summed E-state index contributed by atoms with van der Waals surface area (Å²) in [6.45, 7) is 6.82. The molecule has 0 radical (unpaired) electrons. The molecule has 0 saturated heterocycles. The Balaban J connectivity index is 2.07. The van der Waals surface area contributed by atoms with Crippen LogP contribution in [0.1, 0.15) is 44.1 Å². The van der Waals surface area contributed by atoms with Gasteiger partial charge in [-0.3, -0.25) is 0 Å². The van der Waals surface area contributed by atoms with Crippen LogP contribution >= 0.6 is 0 Å². The number of aryl methyl sites for hydroxylation is 1. The van der Waals surface area contributed by atoms with E-state index in [0.717, 1.165) is 40.3 Å². The topological polar surface area (TPSA) is 46.8 Å². The Morgan fingerprint density at radius 3 is 2.54 bits per heavy atom. The van der Waals surface area contributed by atoms with Crippen LogP contribution in [0.15, 0.2) is 42.6 Å². The maximum Gasteiger partial charge on any atom is 0.137 e. The van der Waals surface area contributed by atoms with Crippen molar-refractivity contribution < 1.29 is 9.84 Å². The van der Waals surface area contributed by atoms with E-state index in [2.05, 4.69) is 6.92 Å². The third-order valence-electron chi connectivity index (χ3n) is 4.11. The minimum Gasteiger partial charge on any atom is -0.494 e. The Kier molecular flexibility index (Phi) is 4.86. The molecule has 24 heavy (non-hydrogen) atoms. The molecule has 126 valence electrons. The van der Waals surface area contributed by atoms with Gasteiger partial charge in [0.1, 0.15) is 11.4 Å². The molecule has 3 rings (SSSR count). The first-order chi connectivity index (χ1) is 11.6. The van der Waals surface area contributed by atoms with E-state index in [4.69, 9.17) is 9.72 Å². The van der Waals surface area contributed by atoms with Crippen LogP contribution in [0.3, 0.4) is 0 Å². The SMILES string of the molecule is CCCOc1ccc(-c2nc3ccc(C)cn3c2C(O)CC)cc1. The van der Waals surface area contributed by atoms with Crippen LogP contribution in [-0.4, -0.2) is 21.1 Å². The molecular weight excluding hydrogens is 300 g/mol. The lowest BCUT2D eigenvalue weighted by atomic mass is 10.1. The average molecular weight is 324 g/mol. The molecule has 2 aromatic heterocycles. The van der Waals surface area contributed by atoms with E-state index < -0.39 is 6.10 Å². The summed E-state index contributed by atoms with van der Waals surface area (Å²) in [5, 5.41) is 10.5. The van der Waals surface area contributed by atoms with Crippen molar-refractivity contribution in [2.75, 3.05) is 6.61 Å². The number of imidazole rings is 1. The van der Waals surface area contributed by atoms with E-state index in [1.54, 1.807) is 0 Å². The zero-order valence-electron chi connectivity index (χ0n) is 14.5. The predicted octanol–water partition coefficient (Wildman–Crippen LogP) is 4.54. The molecule has 0 aliphatic carbocycles. The number of hydrogen-bond acceptors (Lipinski definition) is 3. The van der Waals surface area contributed by atoms with E-state index in [1.807, 2.05) is 60.8 Å². The van der Waals surface area contributed by atoms with Crippen LogP contribution in [0, 0.1) is 6.92 Å². The largest absolute Gasteiger partial charge is 0.494 e. The highest BCUT2D eigenvalue weighted by molar-refractivity contribution is 5.67. The number of pyridine rings is 1. The number of hydrogen-bond donors (Lipinski definition) is 1. The number of aliphatic hydroxyl groups is 1. The van der Waals surface area contributed by atoms with Gasteiger partial charge in [0.25, 0.3) is 0 Å². The van der Waals surface area contributed by atoms with Crippen molar-refractivity contribution >= 4 is 5.65 Å². The predicted molar refractivity (Wildman–Crippen MR) is 96.4 cm³/mol. The number of ether oxygens (including phenoxy) is 1. The van der Waals surface area contributed by atoms with Crippen molar-refractivity contribution in [2.45, 2.75) is 39.7 Å². The first-order valence-electron chi connectivity index (χ1n) is 8.54. The van der Waals surface area contributed by atoms with E-state index in [0.29, 0.717) is 13.0 Å². The number of aliphatic hydroxyl groups excluding tert-OH is 1. The first kappa shape index (κ1) is 16.5. The molecule has 0 spiro atoms. The molecule has 4 heteroatoms. The van der Waals surface area contributed by atoms with Crippen molar-refractivity contribution in [3.05, 3.63) is 53.9 Å². The highest BCUT2D eigenvalue weighted by Gasteiger charge is 2.19. The van der Waals surface area contributed by atoms with Crippen LogP contribution in [0.25, 0.3) is 16.9 Å². The van der Waals surface area contributed by atoms with E-state index in [9.17, 15) is 5.11 Å². The average Bonchev–Trinajstić information content (AvgIpc) is 2.98. The van der Waals surface area contributed by atoms with Gasteiger partial charge in [0.2, 0.25) is 0 Å². The Morgan fingerprint density at radius 1 is 1.12 bits per heavy atom. The standard InChI is InChI=1S/C20H24N2O2/c1-4-12-24-16-9-7-15(8-10-16)19-20(17(23)5-2)22-13-14(3)6-11-18(22)21-19/h6-11,13,17,23H,4-5,12H2,1-3H3. The summed E-state index contributed by atoms with van der Waals surface area (Å²) in [7, 11) is 0. The highest BCUT2D eigenvalue weighted by atomic mass is 16.5. The van der Waals surface area contributed by atoms with Gasteiger partial charge in [0.15, 0.2) is 0 Å². The molecule has 1 unspecified atom stereocenters. The number of nitrogens with zero attached hydrogens (tertiary/aromatic N) is 2. The van der Waals surface area contributed by atoms with Crippen molar-refractivity contribution in [1.29, 1.82) is 0 Å². The maximum atomic E-state index is 10.5. The quantitative estimate of drug-likeness (QED) is 0.724. The number of aromatic nitrogens is 2. The maximum absolute atomic E-state index is 10.5. The third-order valence-corrected chi connectivity index (χ3v) is 4.11. The van der Waals surface area contributed by atoms with E-state index >= 15 is 0 Å². The minimum absolute atomic E-state index is 0.548. The second-order valence-electron chi connectivity index (χ2n) is 6.08. The molecule has 0 aliphatic heterocycles. The third kappa shape index (κ3) is 3.15. The molecule has 2 heterocycles. The highest BCUT2D eigenvalue weighted by Crippen LogP contribution is 2.31. The minimum atomic E-state index is -0.548. The van der Waals surface area contributed by atoms with Gasteiger partial charge in [-0.05, 0) is 55.7 Å². The summed E-state index contributed by atoms with van der Waals surface area (Å²) in [6.07, 6.45) is 3.11. The molecule has 1 atom stereocenters. The summed E-state index contributed by atoms with van der Waals surface area (Å²) in [5.74, 6) is 0.859. The molecule has 0 aliphatic rings. The van der Waals surface area contributed by atoms with Gasteiger partial charge in [-0.15, -0.1) is 0 Å². The molecule has 3 aromatic rings. The van der Waals surface area contributed by atoms with Gasteiger partial charge in [-0.1, -0.05) is 19.9 Å². The van der Waals surface area contributed by atoms with Gasteiger partial charge in [0, 0.05) is 11.8 Å². The smallest absolute Gasteiger partial charge is 0.137 e. The summed E-state index contributed by atoms with van der Waals surface area (Å²) < 4.78 is 7.64. The van der Waals surface area contributed by atoms with Crippen molar-refractivity contribution in [1.82, 2.24) is 9.38 Å². The van der Waals surface area contributed by atoms with Crippen LogP contribution in [0.5, 0.6) is 5.75 Å². The summed E-state index contributed by atoms with van der Waals surface area (Å²) in [6, 6.07) is 12.0. The van der Waals surface area contributed by atoms with Crippen LogP contribution in [-0.2, 0) is 0 Å². The summed E-state index contributed by atoms with van der Waals surface area (Å²) >= 11 is 0. The second kappa shape index (κ2) is 7.05. The van der Waals surface area contributed by atoms with Crippen LogP contribution < -0.4 is 4.74 Å². The van der Waals surface area contributed by atoms with Crippen molar-refractivity contribution in [3.8, 4) is 17.0 Å². The fourth-order valence-electron chi connectivity index (χ4n) is 2.82. The van der Waals surface area contributed by atoms with Gasteiger partial charge in [0.05, 0.1) is 24.1 Å². The van der Waals surface area contributed by atoms with Gasteiger partial charge in [-0.2, -0.15) is 0 Å². The first-order valence-corrected chi connectivity index (χ1v) is 8.54. The monoisotopic (exact) mass is 324 g/mol.